The molecule has 0 fully saturated rings. The van der Waals surface area contributed by atoms with Crippen molar-refractivity contribution in [2.45, 2.75) is 13.0 Å². The summed E-state index contributed by atoms with van der Waals surface area (Å²) in [5.74, 6) is -1.09. The predicted octanol–water partition coefficient (Wildman–Crippen LogP) is 3.07. The Balaban J connectivity index is 2.25. The van der Waals surface area contributed by atoms with E-state index in [1.54, 1.807) is 18.3 Å². The van der Waals surface area contributed by atoms with Crippen molar-refractivity contribution in [3.8, 4) is 22.8 Å². The highest BCUT2D eigenvalue weighted by molar-refractivity contribution is 9.10. The lowest BCUT2D eigenvalue weighted by Crippen LogP contribution is -2.22. The molecule has 2 N–H and O–H groups in total. The summed E-state index contributed by atoms with van der Waals surface area (Å²) in [6.45, 7) is 1.39. The average molecular weight is 338 g/mol. The molecule has 0 spiro atoms. The fourth-order valence-electron chi connectivity index (χ4n) is 1.56. The summed E-state index contributed by atoms with van der Waals surface area (Å²) >= 11 is 3.30. The molecule has 1 atom stereocenters. The van der Waals surface area contributed by atoms with Crippen LogP contribution < -0.4 is 4.74 Å². The van der Waals surface area contributed by atoms with E-state index < -0.39 is 12.1 Å². The van der Waals surface area contributed by atoms with Gasteiger partial charge in [0.25, 0.3) is 0 Å². The molecule has 1 unspecified atom stereocenters. The Bertz CT molecular complexity index is 628. The molecule has 0 amide bonds. The minimum absolute atomic E-state index is 0.125. The van der Waals surface area contributed by atoms with Gasteiger partial charge in [0.15, 0.2) is 17.6 Å². The van der Waals surface area contributed by atoms with Crippen LogP contribution in [-0.4, -0.2) is 27.3 Å². The zero-order valence-corrected chi connectivity index (χ0v) is 12.2. The molecular formula is C14H12BrNO4. The van der Waals surface area contributed by atoms with Crippen LogP contribution in [0.15, 0.2) is 41.0 Å². The first-order chi connectivity index (χ1) is 9.47. The summed E-state index contributed by atoms with van der Waals surface area (Å²) < 4.78 is 6.00. The van der Waals surface area contributed by atoms with Gasteiger partial charge in [0.05, 0.1) is 5.69 Å². The summed E-state index contributed by atoms with van der Waals surface area (Å²) in [7, 11) is 0. The Morgan fingerprint density at radius 1 is 1.35 bits per heavy atom. The Morgan fingerprint density at radius 2 is 2.10 bits per heavy atom. The van der Waals surface area contributed by atoms with E-state index in [0.29, 0.717) is 11.3 Å². The molecule has 2 rings (SSSR count). The number of phenols is 1. The lowest BCUT2D eigenvalue weighted by atomic mass is 10.1. The van der Waals surface area contributed by atoms with E-state index >= 15 is 0 Å². The van der Waals surface area contributed by atoms with Crippen LogP contribution in [0.2, 0.25) is 0 Å². The standard InChI is InChI=1S/C14H12BrNO4/c1-8(14(18)19)20-13-5-2-9(6-12(13)17)11-4-3-10(15)7-16-11/h2-8,17H,1H3,(H,18,19). The number of hydrogen-bond acceptors (Lipinski definition) is 4. The number of carboxylic acid groups (broad SMARTS) is 1. The maximum atomic E-state index is 10.7. The van der Waals surface area contributed by atoms with Gasteiger partial charge in [-0.3, -0.25) is 4.98 Å². The molecule has 20 heavy (non-hydrogen) atoms. The number of aromatic nitrogens is 1. The fourth-order valence-corrected chi connectivity index (χ4v) is 1.80. The van der Waals surface area contributed by atoms with Gasteiger partial charge in [-0.05, 0) is 53.2 Å². The number of pyridine rings is 1. The highest BCUT2D eigenvalue weighted by atomic mass is 79.9. The van der Waals surface area contributed by atoms with Crippen LogP contribution >= 0.6 is 15.9 Å². The molecular weight excluding hydrogens is 326 g/mol. The number of carbonyl (C=O) groups is 1. The number of ether oxygens (including phenoxy) is 1. The number of phenolic OH excluding ortho intramolecular Hbond substituents is 1. The number of benzene rings is 1. The van der Waals surface area contributed by atoms with Crippen molar-refractivity contribution < 1.29 is 19.7 Å². The first-order valence-electron chi connectivity index (χ1n) is 5.82. The Morgan fingerprint density at radius 3 is 2.65 bits per heavy atom. The number of hydrogen-bond donors (Lipinski definition) is 2. The van der Waals surface area contributed by atoms with Gasteiger partial charge >= 0.3 is 5.97 Å². The average Bonchev–Trinajstić information content (AvgIpc) is 2.41. The van der Waals surface area contributed by atoms with Crippen molar-refractivity contribution >= 4 is 21.9 Å². The van der Waals surface area contributed by atoms with E-state index in [-0.39, 0.29) is 11.5 Å². The van der Waals surface area contributed by atoms with Crippen LogP contribution in [0.5, 0.6) is 11.5 Å². The van der Waals surface area contributed by atoms with Gasteiger partial charge in [0.2, 0.25) is 0 Å². The SMILES string of the molecule is CC(Oc1ccc(-c2ccc(Br)cn2)cc1O)C(=O)O. The van der Waals surface area contributed by atoms with E-state index in [4.69, 9.17) is 9.84 Å². The van der Waals surface area contributed by atoms with Gasteiger partial charge in [-0.15, -0.1) is 0 Å². The minimum Gasteiger partial charge on any atom is -0.504 e. The van der Waals surface area contributed by atoms with Crippen molar-refractivity contribution in [3.05, 3.63) is 41.0 Å². The highest BCUT2D eigenvalue weighted by Gasteiger charge is 2.15. The Hall–Kier alpha value is -2.08. The summed E-state index contributed by atoms with van der Waals surface area (Å²) in [6, 6.07) is 8.36. The van der Waals surface area contributed by atoms with Crippen molar-refractivity contribution in [3.63, 3.8) is 0 Å². The summed E-state index contributed by atoms with van der Waals surface area (Å²) in [4.78, 5) is 14.9. The van der Waals surface area contributed by atoms with Crippen LogP contribution in [0, 0.1) is 0 Å². The third-order valence-electron chi connectivity index (χ3n) is 2.63. The van der Waals surface area contributed by atoms with Gasteiger partial charge in [0.1, 0.15) is 0 Å². The van der Waals surface area contributed by atoms with Crippen molar-refractivity contribution in [2.75, 3.05) is 0 Å². The Labute approximate surface area is 124 Å². The van der Waals surface area contributed by atoms with E-state index in [9.17, 15) is 9.90 Å². The molecule has 104 valence electrons. The lowest BCUT2D eigenvalue weighted by Gasteiger charge is -2.12. The van der Waals surface area contributed by atoms with Crippen LogP contribution in [0.25, 0.3) is 11.3 Å². The molecule has 0 aliphatic carbocycles. The Kier molecular flexibility index (Phi) is 4.24. The van der Waals surface area contributed by atoms with E-state index in [1.807, 2.05) is 6.07 Å². The highest BCUT2D eigenvalue weighted by Crippen LogP contribution is 2.31. The maximum Gasteiger partial charge on any atom is 0.344 e. The lowest BCUT2D eigenvalue weighted by molar-refractivity contribution is -0.144. The fraction of sp³-hybridized carbons (Fsp3) is 0.143. The van der Waals surface area contributed by atoms with Crippen molar-refractivity contribution in [1.82, 2.24) is 4.98 Å². The molecule has 0 radical (unpaired) electrons. The summed E-state index contributed by atoms with van der Waals surface area (Å²) in [5, 5.41) is 18.7. The molecule has 0 saturated heterocycles. The molecule has 2 aromatic rings. The topological polar surface area (TPSA) is 79.7 Å². The normalized spacial score (nSPS) is 11.9. The van der Waals surface area contributed by atoms with E-state index in [2.05, 4.69) is 20.9 Å². The summed E-state index contributed by atoms with van der Waals surface area (Å²) in [5.41, 5.74) is 1.41. The van der Waals surface area contributed by atoms with Crippen molar-refractivity contribution in [1.29, 1.82) is 0 Å². The molecule has 0 aliphatic rings. The second kappa shape index (κ2) is 5.92. The first-order valence-corrected chi connectivity index (χ1v) is 6.61. The second-order valence-electron chi connectivity index (χ2n) is 4.14. The number of halogens is 1. The maximum absolute atomic E-state index is 10.7. The van der Waals surface area contributed by atoms with Crippen LogP contribution in [-0.2, 0) is 4.79 Å². The molecule has 0 saturated carbocycles. The summed E-state index contributed by atoms with van der Waals surface area (Å²) in [6.07, 6.45) is 0.626. The third-order valence-corrected chi connectivity index (χ3v) is 3.10. The van der Waals surface area contributed by atoms with Gasteiger partial charge in [-0.1, -0.05) is 0 Å². The van der Waals surface area contributed by atoms with Gasteiger partial charge < -0.3 is 14.9 Å². The minimum atomic E-state index is -1.09. The number of carboxylic acids is 1. The first kappa shape index (κ1) is 14.3. The smallest absolute Gasteiger partial charge is 0.344 e. The van der Waals surface area contributed by atoms with E-state index in [0.717, 1.165) is 4.47 Å². The zero-order valence-electron chi connectivity index (χ0n) is 10.6. The van der Waals surface area contributed by atoms with Crippen LogP contribution in [0.1, 0.15) is 6.92 Å². The number of aliphatic carboxylic acids is 1. The molecule has 1 aromatic carbocycles. The largest absolute Gasteiger partial charge is 0.504 e. The van der Waals surface area contributed by atoms with Crippen LogP contribution in [0.4, 0.5) is 0 Å². The molecule has 1 heterocycles. The zero-order chi connectivity index (χ0) is 14.7. The number of nitrogens with zero attached hydrogens (tertiary/aromatic N) is 1. The van der Waals surface area contributed by atoms with Gasteiger partial charge in [-0.25, -0.2) is 4.79 Å². The van der Waals surface area contributed by atoms with Gasteiger partial charge in [-0.2, -0.15) is 0 Å². The van der Waals surface area contributed by atoms with Gasteiger partial charge in [0, 0.05) is 16.2 Å². The second-order valence-corrected chi connectivity index (χ2v) is 5.06. The predicted molar refractivity (Wildman–Crippen MR) is 76.8 cm³/mol. The van der Waals surface area contributed by atoms with Crippen molar-refractivity contribution in [2.24, 2.45) is 0 Å². The monoisotopic (exact) mass is 337 g/mol. The molecule has 1 aromatic heterocycles. The third kappa shape index (κ3) is 3.27. The molecule has 0 aliphatic heterocycles. The van der Waals surface area contributed by atoms with E-state index in [1.165, 1.54) is 19.1 Å². The number of rotatable bonds is 4. The quantitative estimate of drug-likeness (QED) is 0.896. The number of aromatic hydroxyl groups is 1. The molecule has 0 bridgehead atoms. The van der Waals surface area contributed by atoms with Crippen LogP contribution in [0.3, 0.4) is 0 Å². The molecule has 5 nitrogen and oxygen atoms in total. The molecule has 6 heteroatoms.